The molecule has 1 atom stereocenters. The average molecular weight is 353 g/mol. The number of methoxy groups -OCH3 is 1. The third kappa shape index (κ3) is 5.18. The van der Waals surface area contributed by atoms with Gasteiger partial charge in [-0.2, -0.15) is 0 Å². The minimum absolute atomic E-state index is 0.0540. The van der Waals surface area contributed by atoms with Gasteiger partial charge in [-0.15, -0.1) is 11.3 Å². The Labute approximate surface area is 150 Å². The van der Waals surface area contributed by atoms with Crippen molar-refractivity contribution < 1.29 is 4.74 Å². The van der Waals surface area contributed by atoms with Crippen LogP contribution < -0.4 is 5.32 Å². The van der Waals surface area contributed by atoms with Crippen molar-refractivity contribution in [2.24, 2.45) is 10.4 Å². The third-order valence-electron chi connectivity index (χ3n) is 4.79. The first-order valence-electron chi connectivity index (χ1n) is 8.94. The van der Waals surface area contributed by atoms with E-state index in [1.807, 2.05) is 6.92 Å². The number of nitrogens with one attached hydrogen (secondary N) is 1. The molecule has 136 valence electrons. The number of aromatic nitrogens is 1. The van der Waals surface area contributed by atoms with Gasteiger partial charge in [-0.3, -0.25) is 4.99 Å². The van der Waals surface area contributed by atoms with Crippen LogP contribution in [0.1, 0.15) is 63.3 Å². The lowest BCUT2D eigenvalue weighted by Gasteiger charge is -2.25. The average Bonchev–Trinajstić information content (AvgIpc) is 3.20. The number of rotatable bonds is 7. The standard InChI is InChI=1S/C18H32N4OS/c1-6-19-17(20-13-18(3)9-7-8-10-18)22(4)11-15-12-24-16(21-15)14(2)23-5/h12,14H,6-11,13H2,1-5H3,(H,19,20). The van der Waals surface area contributed by atoms with Gasteiger partial charge in [0.2, 0.25) is 0 Å². The van der Waals surface area contributed by atoms with E-state index in [1.54, 1.807) is 18.4 Å². The Hall–Kier alpha value is -1.14. The fraction of sp³-hybridized carbons (Fsp3) is 0.778. The lowest BCUT2D eigenvalue weighted by Crippen LogP contribution is -2.39. The van der Waals surface area contributed by atoms with Crippen LogP contribution in [0, 0.1) is 5.41 Å². The summed E-state index contributed by atoms with van der Waals surface area (Å²) < 4.78 is 5.35. The maximum atomic E-state index is 5.35. The van der Waals surface area contributed by atoms with Gasteiger partial charge in [0.25, 0.3) is 0 Å². The monoisotopic (exact) mass is 352 g/mol. The van der Waals surface area contributed by atoms with Gasteiger partial charge in [0.05, 0.1) is 12.2 Å². The zero-order chi connectivity index (χ0) is 17.6. The maximum Gasteiger partial charge on any atom is 0.194 e. The smallest absolute Gasteiger partial charge is 0.194 e. The van der Waals surface area contributed by atoms with Crippen LogP contribution in [0.3, 0.4) is 0 Å². The second-order valence-electron chi connectivity index (χ2n) is 7.10. The minimum atomic E-state index is 0.0540. The molecule has 6 heteroatoms. The van der Waals surface area contributed by atoms with E-state index in [1.165, 1.54) is 25.7 Å². The molecule has 0 aromatic carbocycles. The number of ether oxygens (including phenoxy) is 1. The van der Waals surface area contributed by atoms with Crippen molar-refractivity contribution in [1.82, 2.24) is 15.2 Å². The van der Waals surface area contributed by atoms with Gasteiger partial charge in [0.15, 0.2) is 5.96 Å². The zero-order valence-corrected chi connectivity index (χ0v) is 16.6. The van der Waals surface area contributed by atoms with E-state index in [2.05, 4.69) is 41.5 Å². The van der Waals surface area contributed by atoms with E-state index >= 15 is 0 Å². The molecule has 1 saturated carbocycles. The molecule has 0 aliphatic heterocycles. The van der Waals surface area contributed by atoms with Crippen LogP contribution in [-0.4, -0.2) is 43.1 Å². The summed E-state index contributed by atoms with van der Waals surface area (Å²) in [5.41, 5.74) is 1.45. The first-order valence-corrected chi connectivity index (χ1v) is 9.82. The van der Waals surface area contributed by atoms with Crippen molar-refractivity contribution in [2.75, 3.05) is 27.2 Å². The van der Waals surface area contributed by atoms with Crippen LogP contribution in [0.25, 0.3) is 0 Å². The van der Waals surface area contributed by atoms with Crippen LogP contribution in [0.4, 0.5) is 0 Å². The molecule has 1 aromatic heterocycles. The highest BCUT2D eigenvalue weighted by molar-refractivity contribution is 7.09. The molecule has 1 aromatic rings. The summed E-state index contributed by atoms with van der Waals surface area (Å²) in [5.74, 6) is 0.972. The van der Waals surface area contributed by atoms with Gasteiger partial charge in [0.1, 0.15) is 11.1 Å². The van der Waals surface area contributed by atoms with Crippen LogP contribution in [-0.2, 0) is 11.3 Å². The predicted molar refractivity (Wildman–Crippen MR) is 102 cm³/mol. The molecule has 0 saturated heterocycles. The van der Waals surface area contributed by atoms with Gasteiger partial charge in [-0.25, -0.2) is 4.98 Å². The summed E-state index contributed by atoms with van der Waals surface area (Å²) in [5, 5.41) is 6.55. The summed E-state index contributed by atoms with van der Waals surface area (Å²) >= 11 is 1.66. The SMILES string of the molecule is CCNC(=NCC1(C)CCCC1)N(C)Cc1csc(C(C)OC)n1. The van der Waals surface area contributed by atoms with Crippen molar-refractivity contribution in [3.63, 3.8) is 0 Å². The normalized spacial score (nSPS) is 18.6. The van der Waals surface area contributed by atoms with Gasteiger partial charge in [-0.1, -0.05) is 19.8 Å². The molecule has 0 bridgehead atoms. The summed E-state index contributed by atoms with van der Waals surface area (Å²) in [6.45, 7) is 9.05. The van der Waals surface area contributed by atoms with E-state index in [0.29, 0.717) is 5.41 Å². The Balaban J connectivity index is 2.00. The molecule has 1 aliphatic carbocycles. The molecule has 0 spiro atoms. The lowest BCUT2D eigenvalue weighted by molar-refractivity contribution is 0.119. The van der Waals surface area contributed by atoms with Crippen molar-refractivity contribution in [3.05, 3.63) is 16.1 Å². The number of nitrogens with zero attached hydrogens (tertiary/aromatic N) is 3. The van der Waals surface area contributed by atoms with Crippen molar-refractivity contribution >= 4 is 17.3 Å². The van der Waals surface area contributed by atoms with Gasteiger partial charge in [-0.05, 0) is 32.1 Å². The molecule has 1 heterocycles. The van der Waals surface area contributed by atoms with Gasteiger partial charge < -0.3 is 15.0 Å². The van der Waals surface area contributed by atoms with Gasteiger partial charge in [0, 0.05) is 32.6 Å². The Bertz CT molecular complexity index is 537. The highest BCUT2D eigenvalue weighted by Crippen LogP contribution is 2.37. The number of thiazole rings is 1. The highest BCUT2D eigenvalue weighted by atomic mass is 32.1. The highest BCUT2D eigenvalue weighted by Gasteiger charge is 2.28. The molecular weight excluding hydrogens is 320 g/mol. The molecular formula is C18H32N4OS. The third-order valence-corrected chi connectivity index (χ3v) is 5.84. The van der Waals surface area contributed by atoms with Crippen LogP contribution in [0.15, 0.2) is 10.4 Å². The van der Waals surface area contributed by atoms with Crippen LogP contribution in [0.5, 0.6) is 0 Å². The number of hydrogen-bond acceptors (Lipinski definition) is 4. The van der Waals surface area contributed by atoms with Crippen LogP contribution >= 0.6 is 11.3 Å². The van der Waals surface area contributed by atoms with Crippen LogP contribution in [0.2, 0.25) is 0 Å². The summed E-state index contributed by atoms with van der Waals surface area (Å²) in [6.07, 6.45) is 5.34. The molecule has 1 fully saturated rings. The van der Waals surface area contributed by atoms with E-state index in [-0.39, 0.29) is 6.10 Å². The fourth-order valence-corrected chi connectivity index (χ4v) is 3.96. The second-order valence-corrected chi connectivity index (χ2v) is 7.99. The van der Waals surface area contributed by atoms with E-state index in [0.717, 1.165) is 36.3 Å². The molecule has 1 aliphatic rings. The quantitative estimate of drug-likeness (QED) is 0.598. The number of aliphatic imine (C=N–C) groups is 1. The molecule has 1 N–H and O–H groups in total. The summed E-state index contributed by atoms with van der Waals surface area (Å²) in [4.78, 5) is 11.8. The van der Waals surface area contributed by atoms with Crippen molar-refractivity contribution in [2.45, 2.75) is 59.1 Å². The lowest BCUT2D eigenvalue weighted by atomic mass is 9.89. The zero-order valence-electron chi connectivity index (χ0n) is 15.8. The Kier molecular flexibility index (Phi) is 7.04. The minimum Gasteiger partial charge on any atom is -0.375 e. The first-order chi connectivity index (χ1) is 11.5. The molecule has 24 heavy (non-hydrogen) atoms. The number of guanidine groups is 1. The Morgan fingerprint density at radius 3 is 2.83 bits per heavy atom. The molecule has 0 radical (unpaired) electrons. The summed E-state index contributed by atoms with van der Waals surface area (Å²) in [7, 11) is 3.80. The largest absolute Gasteiger partial charge is 0.375 e. The maximum absolute atomic E-state index is 5.35. The second kappa shape index (κ2) is 8.81. The topological polar surface area (TPSA) is 49.8 Å². The van der Waals surface area contributed by atoms with E-state index < -0.39 is 0 Å². The predicted octanol–water partition coefficient (Wildman–Crippen LogP) is 3.83. The van der Waals surface area contributed by atoms with E-state index in [4.69, 9.17) is 9.73 Å². The number of hydrogen-bond donors (Lipinski definition) is 1. The molecule has 0 amide bonds. The van der Waals surface area contributed by atoms with Crippen molar-refractivity contribution in [1.29, 1.82) is 0 Å². The Morgan fingerprint density at radius 2 is 2.21 bits per heavy atom. The molecule has 1 unspecified atom stereocenters. The van der Waals surface area contributed by atoms with E-state index in [9.17, 15) is 0 Å². The molecule has 2 rings (SSSR count). The fourth-order valence-electron chi connectivity index (χ4n) is 3.12. The van der Waals surface area contributed by atoms with Crippen molar-refractivity contribution in [3.8, 4) is 0 Å². The molecule has 5 nitrogen and oxygen atoms in total. The first kappa shape index (κ1) is 19.2. The summed E-state index contributed by atoms with van der Waals surface area (Å²) in [6, 6.07) is 0. The van der Waals surface area contributed by atoms with Gasteiger partial charge >= 0.3 is 0 Å². The Morgan fingerprint density at radius 1 is 1.50 bits per heavy atom.